The van der Waals surface area contributed by atoms with Crippen molar-refractivity contribution < 1.29 is 45.8 Å². The molecule has 0 unspecified atom stereocenters. The van der Waals surface area contributed by atoms with Gasteiger partial charge in [-0.3, -0.25) is 14.5 Å². The Bertz CT molecular complexity index is 1570. The van der Waals surface area contributed by atoms with Crippen LogP contribution in [0.25, 0.3) is 5.57 Å². The first kappa shape index (κ1) is 33.1. The number of nitrogens with one attached hydrogen (secondary N) is 2. The van der Waals surface area contributed by atoms with E-state index in [1.807, 2.05) is 12.1 Å². The van der Waals surface area contributed by atoms with Crippen molar-refractivity contribution in [3.8, 4) is 0 Å². The largest absolute Gasteiger partial charge is 0.481 e. The molecular weight excluding hydrogens is 604 g/mol. The summed E-state index contributed by atoms with van der Waals surface area (Å²) < 4.78 is 80.3. The van der Waals surface area contributed by atoms with E-state index in [2.05, 4.69) is 16.7 Å². The Morgan fingerprint density at radius 1 is 0.822 bits per heavy atom. The fourth-order valence-corrected chi connectivity index (χ4v) is 4.86. The molecule has 0 saturated carbocycles. The maximum atomic E-state index is 13.5. The highest BCUT2D eigenvalue weighted by Crippen LogP contribution is 2.41. The molecule has 0 atom stereocenters. The molecule has 4 rings (SSSR count). The van der Waals surface area contributed by atoms with Crippen LogP contribution >= 0.6 is 0 Å². The van der Waals surface area contributed by atoms with E-state index in [-0.39, 0.29) is 37.2 Å². The first-order chi connectivity index (χ1) is 21.2. The number of rotatable bonds is 9. The lowest BCUT2D eigenvalue weighted by atomic mass is 9.93. The monoisotopic (exact) mass is 633 g/mol. The van der Waals surface area contributed by atoms with Gasteiger partial charge in [0.25, 0.3) is 5.91 Å². The van der Waals surface area contributed by atoms with E-state index in [1.165, 1.54) is 17.0 Å². The first-order valence-corrected chi connectivity index (χ1v) is 14.0. The molecule has 0 radical (unpaired) electrons. The van der Waals surface area contributed by atoms with Gasteiger partial charge in [0.2, 0.25) is 0 Å². The van der Waals surface area contributed by atoms with E-state index < -0.39 is 47.1 Å². The number of aliphatic carboxylic acids is 1. The number of amides is 3. The highest BCUT2D eigenvalue weighted by atomic mass is 19.4. The van der Waals surface area contributed by atoms with E-state index in [4.69, 9.17) is 5.11 Å². The number of hydrogen-bond donors (Lipinski definition) is 3. The zero-order valence-electron chi connectivity index (χ0n) is 23.8. The van der Waals surface area contributed by atoms with Gasteiger partial charge in [-0.1, -0.05) is 30.3 Å². The van der Waals surface area contributed by atoms with E-state index in [0.717, 1.165) is 42.9 Å². The van der Waals surface area contributed by atoms with Crippen LogP contribution in [0.4, 0.5) is 42.5 Å². The summed E-state index contributed by atoms with van der Waals surface area (Å²) in [6, 6.07) is 13.4. The summed E-state index contributed by atoms with van der Waals surface area (Å²) in [4.78, 5) is 37.7. The van der Waals surface area contributed by atoms with Crippen molar-refractivity contribution in [3.05, 3.63) is 101 Å². The summed E-state index contributed by atoms with van der Waals surface area (Å²) in [5.74, 6) is -1.58. The number of carboxylic acids is 1. The summed E-state index contributed by atoms with van der Waals surface area (Å²) in [5.41, 5.74) is -1.05. The second-order valence-electron chi connectivity index (χ2n) is 10.4. The van der Waals surface area contributed by atoms with Crippen molar-refractivity contribution >= 4 is 34.9 Å². The molecular formula is C32H29F6N3O4. The second-order valence-corrected chi connectivity index (χ2v) is 10.4. The summed E-state index contributed by atoms with van der Waals surface area (Å²) >= 11 is 0. The minimum Gasteiger partial charge on any atom is -0.481 e. The maximum Gasteiger partial charge on any atom is 0.417 e. The molecule has 0 aromatic heterocycles. The summed E-state index contributed by atoms with van der Waals surface area (Å²) in [6.45, 7) is -0.182. The molecule has 1 aliphatic rings. The van der Waals surface area contributed by atoms with Crippen molar-refractivity contribution in [1.29, 1.82) is 0 Å². The topological polar surface area (TPSA) is 98.7 Å². The van der Waals surface area contributed by atoms with Gasteiger partial charge in [-0.15, -0.1) is 0 Å². The van der Waals surface area contributed by atoms with Crippen molar-refractivity contribution in [2.45, 2.75) is 51.0 Å². The lowest BCUT2D eigenvalue weighted by Crippen LogP contribution is -2.34. The molecule has 3 aromatic rings. The number of halogens is 6. The quantitative estimate of drug-likeness (QED) is 0.207. The van der Waals surface area contributed by atoms with Crippen LogP contribution in [-0.4, -0.2) is 29.6 Å². The average molecular weight is 634 g/mol. The van der Waals surface area contributed by atoms with E-state index in [0.29, 0.717) is 11.3 Å². The molecule has 3 aromatic carbocycles. The molecule has 0 heterocycles. The van der Waals surface area contributed by atoms with Crippen LogP contribution in [0.5, 0.6) is 0 Å². The molecule has 0 spiro atoms. The standard InChI is InChI=1S/C32H29F6N3O4/c33-31(34,35)26-15-12-24(18-27(26)32(36,37)38)40-30(45)41(25-13-10-22(11-14-25)21-4-2-1-3-5-21)19-20-6-8-23(9-7-20)29(44)39-17-16-28(42)43/h4,6-15,18H,1-3,5,16-17,19H2,(H,39,44)(H,40,45)(H,42,43). The number of alkyl halides is 6. The van der Waals surface area contributed by atoms with Gasteiger partial charge < -0.3 is 15.7 Å². The lowest BCUT2D eigenvalue weighted by molar-refractivity contribution is -0.162. The minimum atomic E-state index is -5.32. The molecule has 0 saturated heterocycles. The Hall–Kier alpha value is -4.81. The molecule has 7 nitrogen and oxygen atoms in total. The van der Waals surface area contributed by atoms with Crippen LogP contribution in [-0.2, 0) is 23.7 Å². The first-order valence-electron chi connectivity index (χ1n) is 14.0. The fraction of sp³-hybridized carbons (Fsp3) is 0.281. The molecule has 3 amide bonds. The SMILES string of the molecule is O=C(O)CCNC(=O)c1ccc(CN(C(=O)Nc2ccc(C(F)(F)F)c(C(F)(F)F)c2)c2ccc(C3=CCCCC3)cc2)cc1. The van der Waals surface area contributed by atoms with Crippen molar-refractivity contribution in [1.82, 2.24) is 5.32 Å². The Balaban J connectivity index is 1.61. The van der Waals surface area contributed by atoms with Crippen LogP contribution in [0.15, 0.2) is 72.8 Å². The van der Waals surface area contributed by atoms with Gasteiger partial charge in [0.15, 0.2) is 0 Å². The van der Waals surface area contributed by atoms with Crippen molar-refractivity contribution in [2.24, 2.45) is 0 Å². The highest BCUT2D eigenvalue weighted by molar-refractivity contribution is 6.02. The van der Waals surface area contributed by atoms with Crippen LogP contribution in [0.2, 0.25) is 0 Å². The van der Waals surface area contributed by atoms with Crippen LogP contribution in [0.1, 0.15) is 64.7 Å². The third kappa shape index (κ3) is 8.87. The number of allylic oxidation sites excluding steroid dienone is 2. The van der Waals surface area contributed by atoms with Gasteiger partial charge in [0, 0.05) is 23.5 Å². The molecule has 3 N–H and O–H groups in total. The van der Waals surface area contributed by atoms with Gasteiger partial charge >= 0.3 is 24.4 Å². The van der Waals surface area contributed by atoms with E-state index in [9.17, 15) is 40.7 Å². The number of nitrogens with zero attached hydrogens (tertiary/aromatic N) is 1. The molecule has 0 bridgehead atoms. The average Bonchev–Trinajstić information content (AvgIpc) is 2.99. The maximum absolute atomic E-state index is 13.5. The fourth-order valence-electron chi connectivity index (χ4n) is 4.86. The number of carboxylic acid groups (broad SMARTS) is 1. The molecule has 238 valence electrons. The molecule has 1 aliphatic carbocycles. The zero-order chi connectivity index (χ0) is 32.8. The smallest absolute Gasteiger partial charge is 0.417 e. The van der Waals surface area contributed by atoms with E-state index in [1.54, 1.807) is 24.3 Å². The van der Waals surface area contributed by atoms with Gasteiger partial charge in [-0.05, 0) is 84.8 Å². The van der Waals surface area contributed by atoms with Crippen molar-refractivity contribution in [2.75, 3.05) is 16.8 Å². The third-order valence-corrected chi connectivity index (χ3v) is 7.15. The van der Waals surface area contributed by atoms with Crippen LogP contribution in [0, 0.1) is 0 Å². The predicted molar refractivity (Wildman–Crippen MR) is 156 cm³/mol. The Labute approximate surface area is 254 Å². The summed E-state index contributed by atoms with van der Waals surface area (Å²) in [6.07, 6.45) is -4.70. The Kier molecular flexibility index (Phi) is 10.2. The van der Waals surface area contributed by atoms with Gasteiger partial charge in [-0.25, -0.2) is 4.79 Å². The minimum absolute atomic E-state index is 0.0727. The Morgan fingerprint density at radius 2 is 1.49 bits per heavy atom. The van der Waals surface area contributed by atoms with Gasteiger partial charge in [-0.2, -0.15) is 26.3 Å². The number of urea groups is 1. The zero-order valence-corrected chi connectivity index (χ0v) is 23.8. The van der Waals surface area contributed by atoms with Crippen LogP contribution in [0.3, 0.4) is 0 Å². The summed E-state index contributed by atoms with van der Waals surface area (Å²) in [7, 11) is 0. The van der Waals surface area contributed by atoms with Gasteiger partial charge in [0.1, 0.15) is 0 Å². The third-order valence-electron chi connectivity index (χ3n) is 7.15. The number of carbonyl (C=O) groups excluding carboxylic acids is 2. The molecule has 45 heavy (non-hydrogen) atoms. The molecule has 13 heteroatoms. The molecule has 0 fully saturated rings. The highest BCUT2D eigenvalue weighted by Gasteiger charge is 2.43. The number of hydrogen-bond acceptors (Lipinski definition) is 3. The molecule has 0 aliphatic heterocycles. The number of anilines is 2. The van der Waals surface area contributed by atoms with E-state index >= 15 is 0 Å². The predicted octanol–water partition coefficient (Wildman–Crippen LogP) is 8.12. The second kappa shape index (κ2) is 13.9. The van der Waals surface area contributed by atoms with Crippen LogP contribution < -0.4 is 15.5 Å². The van der Waals surface area contributed by atoms with Gasteiger partial charge in [0.05, 0.1) is 24.1 Å². The number of carbonyl (C=O) groups is 3. The Morgan fingerprint density at radius 3 is 2.07 bits per heavy atom. The lowest BCUT2D eigenvalue weighted by Gasteiger charge is -2.25. The normalized spacial score (nSPS) is 13.5. The summed E-state index contributed by atoms with van der Waals surface area (Å²) in [5, 5.41) is 13.5. The number of benzene rings is 3. The van der Waals surface area contributed by atoms with Crippen molar-refractivity contribution in [3.63, 3.8) is 0 Å².